The van der Waals surface area contributed by atoms with Crippen LogP contribution in [0.25, 0.3) is 0 Å². The Bertz CT molecular complexity index is 612. The fourth-order valence-corrected chi connectivity index (χ4v) is 1.96. The van der Waals surface area contributed by atoms with Gasteiger partial charge < -0.3 is 10.1 Å². The van der Waals surface area contributed by atoms with Crippen molar-refractivity contribution in [2.75, 3.05) is 5.32 Å². The van der Waals surface area contributed by atoms with E-state index in [4.69, 9.17) is 4.74 Å². The average Bonchev–Trinajstić information content (AvgIpc) is 2.39. The quantitative estimate of drug-likeness (QED) is 0.782. The molecule has 4 heteroatoms. The van der Waals surface area contributed by atoms with Crippen molar-refractivity contribution in [2.45, 2.75) is 6.23 Å². The number of hydrogen-bond acceptors (Lipinski definition) is 3. The lowest BCUT2D eigenvalue weighted by molar-refractivity contribution is 0.0324. The first-order valence-electron chi connectivity index (χ1n) is 5.56. The number of esters is 1. The molecule has 3 nitrogen and oxygen atoms in total. The summed E-state index contributed by atoms with van der Waals surface area (Å²) >= 11 is 0. The fourth-order valence-electron chi connectivity index (χ4n) is 1.96. The number of para-hydroxylation sites is 1. The number of hydrogen-bond donors (Lipinski definition) is 1. The number of anilines is 1. The van der Waals surface area contributed by atoms with E-state index in [0.29, 0.717) is 16.8 Å². The smallest absolute Gasteiger partial charge is 0.342 e. The van der Waals surface area contributed by atoms with Crippen molar-refractivity contribution in [2.24, 2.45) is 0 Å². The molecule has 2 aromatic carbocycles. The molecule has 0 amide bonds. The number of carbonyl (C=O) groups is 1. The van der Waals surface area contributed by atoms with Crippen LogP contribution in [0.4, 0.5) is 10.1 Å². The molecule has 1 unspecified atom stereocenters. The van der Waals surface area contributed by atoms with Gasteiger partial charge in [0.15, 0.2) is 0 Å². The van der Waals surface area contributed by atoms with E-state index in [1.165, 1.54) is 6.07 Å². The molecule has 0 radical (unpaired) electrons. The molecule has 1 aliphatic rings. The summed E-state index contributed by atoms with van der Waals surface area (Å²) in [5.74, 6) is -0.847. The molecule has 1 atom stereocenters. The second kappa shape index (κ2) is 4.14. The molecule has 1 N–H and O–H groups in total. The Balaban J connectivity index is 2.00. The Labute approximate surface area is 103 Å². The molecule has 0 fully saturated rings. The van der Waals surface area contributed by atoms with E-state index in [1.807, 2.05) is 6.07 Å². The molecule has 2 aromatic rings. The van der Waals surface area contributed by atoms with E-state index in [2.05, 4.69) is 5.32 Å². The van der Waals surface area contributed by atoms with Gasteiger partial charge >= 0.3 is 5.97 Å². The Morgan fingerprint density at radius 2 is 1.78 bits per heavy atom. The summed E-state index contributed by atoms with van der Waals surface area (Å²) < 4.78 is 18.8. The van der Waals surface area contributed by atoms with Gasteiger partial charge in [-0.1, -0.05) is 30.3 Å². The molecule has 0 saturated heterocycles. The number of carbonyl (C=O) groups excluding carboxylic acids is 1. The maximum atomic E-state index is 13.6. The second-order valence-corrected chi connectivity index (χ2v) is 4.00. The Hall–Kier alpha value is -2.36. The molecule has 0 spiro atoms. The van der Waals surface area contributed by atoms with Gasteiger partial charge in [-0.05, 0) is 18.2 Å². The third-order valence-electron chi connectivity index (χ3n) is 2.85. The minimum Gasteiger partial charge on any atom is -0.434 e. The van der Waals surface area contributed by atoms with Gasteiger partial charge in [0.05, 0.1) is 11.3 Å². The molecular formula is C14H10FNO2. The number of halogens is 1. The zero-order chi connectivity index (χ0) is 12.5. The lowest BCUT2D eigenvalue weighted by Gasteiger charge is -2.27. The van der Waals surface area contributed by atoms with Gasteiger partial charge in [-0.15, -0.1) is 0 Å². The largest absolute Gasteiger partial charge is 0.434 e. The van der Waals surface area contributed by atoms with Crippen LogP contribution in [-0.4, -0.2) is 5.97 Å². The molecule has 1 heterocycles. The van der Waals surface area contributed by atoms with Gasteiger partial charge in [0, 0.05) is 5.56 Å². The summed E-state index contributed by atoms with van der Waals surface area (Å²) in [4.78, 5) is 11.8. The standard InChI is InChI=1S/C14H10FNO2/c15-11-7-3-1-5-9(11)13-16-12-8-4-2-6-10(12)14(17)18-13/h1-8,13,16H. The molecule has 0 aliphatic carbocycles. The van der Waals surface area contributed by atoms with Crippen molar-refractivity contribution in [1.29, 1.82) is 0 Å². The Morgan fingerprint density at radius 3 is 2.61 bits per heavy atom. The van der Waals surface area contributed by atoms with Crippen LogP contribution < -0.4 is 5.32 Å². The highest BCUT2D eigenvalue weighted by Crippen LogP contribution is 2.31. The second-order valence-electron chi connectivity index (χ2n) is 4.00. The van der Waals surface area contributed by atoms with Crippen LogP contribution in [0.1, 0.15) is 22.1 Å². The van der Waals surface area contributed by atoms with Crippen molar-refractivity contribution in [3.8, 4) is 0 Å². The van der Waals surface area contributed by atoms with Crippen LogP contribution in [-0.2, 0) is 4.74 Å². The average molecular weight is 243 g/mol. The number of nitrogens with one attached hydrogen (secondary N) is 1. The van der Waals surface area contributed by atoms with Gasteiger partial charge in [-0.2, -0.15) is 0 Å². The van der Waals surface area contributed by atoms with E-state index in [-0.39, 0.29) is 0 Å². The van der Waals surface area contributed by atoms with Crippen molar-refractivity contribution < 1.29 is 13.9 Å². The predicted octanol–water partition coefficient (Wildman–Crippen LogP) is 3.11. The lowest BCUT2D eigenvalue weighted by Crippen LogP contribution is -2.26. The van der Waals surface area contributed by atoms with Crippen molar-refractivity contribution in [3.63, 3.8) is 0 Å². The third-order valence-corrected chi connectivity index (χ3v) is 2.85. The van der Waals surface area contributed by atoms with Gasteiger partial charge in [0.25, 0.3) is 0 Å². The van der Waals surface area contributed by atoms with Crippen LogP contribution in [0, 0.1) is 5.82 Å². The van der Waals surface area contributed by atoms with Crippen LogP contribution in [0.5, 0.6) is 0 Å². The first-order valence-corrected chi connectivity index (χ1v) is 5.56. The van der Waals surface area contributed by atoms with Gasteiger partial charge in [-0.25, -0.2) is 9.18 Å². The summed E-state index contributed by atoms with van der Waals surface area (Å²) in [7, 11) is 0. The third kappa shape index (κ3) is 1.72. The highest BCUT2D eigenvalue weighted by Gasteiger charge is 2.27. The SMILES string of the molecule is O=C1OC(c2ccccc2F)Nc2ccccc21. The summed E-state index contributed by atoms with van der Waals surface area (Å²) in [6, 6.07) is 13.2. The Kier molecular flexibility index (Phi) is 2.48. The number of fused-ring (bicyclic) bond motifs is 1. The maximum Gasteiger partial charge on any atom is 0.342 e. The van der Waals surface area contributed by atoms with Gasteiger partial charge in [0.1, 0.15) is 5.82 Å². The maximum absolute atomic E-state index is 13.6. The van der Waals surface area contributed by atoms with Gasteiger partial charge in [0.2, 0.25) is 6.23 Å². The molecule has 0 bridgehead atoms. The first-order chi connectivity index (χ1) is 8.75. The van der Waals surface area contributed by atoms with E-state index < -0.39 is 18.0 Å². The van der Waals surface area contributed by atoms with E-state index >= 15 is 0 Å². The lowest BCUT2D eigenvalue weighted by atomic mass is 10.1. The highest BCUT2D eigenvalue weighted by molar-refractivity contribution is 5.97. The normalized spacial score (nSPS) is 17.6. The molecule has 90 valence electrons. The van der Waals surface area contributed by atoms with Gasteiger partial charge in [-0.3, -0.25) is 0 Å². The predicted molar refractivity (Wildman–Crippen MR) is 64.6 cm³/mol. The number of rotatable bonds is 1. The van der Waals surface area contributed by atoms with E-state index in [9.17, 15) is 9.18 Å². The minimum absolute atomic E-state index is 0.320. The molecule has 1 aliphatic heterocycles. The highest BCUT2D eigenvalue weighted by atomic mass is 19.1. The van der Waals surface area contributed by atoms with Crippen LogP contribution in [0.2, 0.25) is 0 Å². The molecule has 0 saturated carbocycles. The molecule has 3 rings (SSSR count). The van der Waals surface area contributed by atoms with Crippen molar-refractivity contribution in [1.82, 2.24) is 0 Å². The van der Waals surface area contributed by atoms with Crippen LogP contribution in [0.15, 0.2) is 48.5 Å². The first kappa shape index (κ1) is 10.8. The number of cyclic esters (lactones) is 1. The monoisotopic (exact) mass is 243 g/mol. The summed E-state index contributed by atoms with van der Waals surface area (Å²) in [6.45, 7) is 0. The molecular weight excluding hydrogens is 233 g/mol. The zero-order valence-electron chi connectivity index (χ0n) is 9.39. The topological polar surface area (TPSA) is 38.3 Å². The number of ether oxygens (including phenoxy) is 1. The number of benzene rings is 2. The van der Waals surface area contributed by atoms with Crippen molar-refractivity contribution in [3.05, 3.63) is 65.5 Å². The summed E-state index contributed by atoms with van der Waals surface area (Å²) in [6.07, 6.45) is -0.784. The summed E-state index contributed by atoms with van der Waals surface area (Å²) in [5.41, 5.74) is 1.44. The Morgan fingerprint density at radius 1 is 1.06 bits per heavy atom. The van der Waals surface area contributed by atoms with Crippen LogP contribution >= 0.6 is 0 Å². The van der Waals surface area contributed by atoms with E-state index in [1.54, 1.807) is 36.4 Å². The zero-order valence-corrected chi connectivity index (χ0v) is 9.39. The van der Waals surface area contributed by atoms with Crippen molar-refractivity contribution >= 4 is 11.7 Å². The van der Waals surface area contributed by atoms with Crippen LogP contribution in [0.3, 0.4) is 0 Å². The van der Waals surface area contributed by atoms with E-state index in [0.717, 1.165) is 0 Å². The fraction of sp³-hybridized carbons (Fsp3) is 0.0714. The molecule has 0 aromatic heterocycles. The minimum atomic E-state index is -0.784. The molecule has 18 heavy (non-hydrogen) atoms. The summed E-state index contributed by atoms with van der Waals surface area (Å²) in [5, 5.41) is 3.00.